The summed E-state index contributed by atoms with van der Waals surface area (Å²) in [4.78, 5) is 14.3. The number of nitrogens with one attached hydrogen (secondary N) is 1. The van der Waals surface area contributed by atoms with E-state index in [-0.39, 0.29) is 12.5 Å². The summed E-state index contributed by atoms with van der Waals surface area (Å²) < 4.78 is 1.76. The quantitative estimate of drug-likeness (QED) is 0.365. The first-order valence-electron chi connectivity index (χ1n) is 4.83. The lowest BCUT2D eigenvalue weighted by Crippen LogP contribution is -2.27. The van der Waals surface area contributed by atoms with Gasteiger partial charge in [0.2, 0.25) is 0 Å². The Balaban J connectivity index is 2.61. The van der Waals surface area contributed by atoms with E-state index in [1.54, 1.807) is 16.8 Å². The van der Waals surface area contributed by atoms with Gasteiger partial charge in [0.15, 0.2) is 0 Å². The van der Waals surface area contributed by atoms with Crippen LogP contribution in [0.1, 0.15) is 17.4 Å². The number of halogens is 1. The van der Waals surface area contributed by atoms with E-state index in [4.69, 9.17) is 17.1 Å². The number of azide groups is 1. The molecule has 0 radical (unpaired) electrons. The van der Waals surface area contributed by atoms with E-state index in [1.165, 1.54) is 0 Å². The minimum absolute atomic E-state index is 0.220. The molecule has 0 fully saturated rings. The number of hydrogen-bond acceptors (Lipinski definition) is 2. The summed E-state index contributed by atoms with van der Waals surface area (Å²) in [5, 5.41) is 6.49. The third-order valence-electron chi connectivity index (χ3n) is 2.00. The second kappa shape index (κ2) is 6.05. The van der Waals surface area contributed by atoms with Crippen LogP contribution in [0.4, 0.5) is 0 Å². The second-order valence-electron chi connectivity index (χ2n) is 3.04. The number of aryl methyl sites for hydroxylation is 1. The molecular formula is C9H12ClN5O. The average Bonchev–Trinajstić information content (AvgIpc) is 2.65. The molecule has 1 N–H and O–H groups in total. The molecule has 1 heterocycles. The molecule has 0 aliphatic heterocycles. The maximum absolute atomic E-state index is 11.7. The summed E-state index contributed by atoms with van der Waals surface area (Å²) in [5.41, 5.74) is 8.57. The van der Waals surface area contributed by atoms with Gasteiger partial charge in [0.25, 0.3) is 5.91 Å². The zero-order valence-corrected chi connectivity index (χ0v) is 9.61. The molecule has 16 heavy (non-hydrogen) atoms. The predicted octanol–water partition coefficient (Wildman–Crippen LogP) is 2.20. The predicted molar refractivity (Wildman–Crippen MR) is 61.5 cm³/mol. The Morgan fingerprint density at radius 2 is 2.50 bits per heavy atom. The van der Waals surface area contributed by atoms with Crippen molar-refractivity contribution in [2.45, 2.75) is 13.5 Å². The molecular weight excluding hydrogens is 230 g/mol. The Morgan fingerprint density at radius 1 is 1.75 bits per heavy atom. The van der Waals surface area contributed by atoms with Crippen molar-refractivity contribution >= 4 is 17.5 Å². The van der Waals surface area contributed by atoms with Gasteiger partial charge in [-0.2, -0.15) is 0 Å². The van der Waals surface area contributed by atoms with Crippen LogP contribution in [0, 0.1) is 0 Å². The van der Waals surface area contributed by atoms with E-state index in [0.717, 1.165) is 0 Å². The van der Waals surface area contributed by atoms with Gasteiger partial charge in [-0.15, -0.1) is 0 Å². The highest BCUT2D eigenvalue weighted by Gasteiger charge is 2.11. The number of hydrogen-bond donors (Lipinski definition) is 1. The highest BCUT2D eigenvalue weighted by Crippen LogP contribution is 2.13. The van der Waals surface area contributed by atoms with Gasteiger partial charge in [0.05, 0.1) is 5.02 Å². The van der Waals surface area contributed by atoms with Crippen molar-refractivity contribution < 1.29 is 4.79 Å². The van der Waals surface area contributed by atoms with E-state index >= 15 is 0 Å². The Hall–Kier alpha value is -1.65. The molecule has 7 heteroatoms. The third kappa shape index (κ3) is 3.18. The summed E-state index contributed by atoms with van der Waals surface area (Å²) in [6.45, 7) is 3.15. The van der Waals surface area contributed by atoms with Gasteiger partial charge in [-0.3, -0.25) is 4.79 Å². The maximum atomic E-state index is 11.7. The summed E-state index contributed by atoms with van der Waals surface area (Å²) in [6.07, 6.45) is 1.70. The van der Waals surface area contributed by atoms with E-state index < -0.39 is 0 Å². The summed E-state index contributed by atoms with van der Waals surface area (Å²) >= 11 is 5.80. The van der Waals surface area contributed by atoms with Crippen LogP contribution in [0.5, 0.6) is 0 Å². The summed E-state index contributed by atoms with van der Waals surface area (Å²) in [5.74, 6) is -0.220. The van der Waals surface area contributed by atoms with Gasteiger partial charge in [-0.05, 0) is 18.5 Å². The van der Waals surface area contributed by atoms with Crippen LogP contribution in [0.25, 0.3) is 10.4 Å². The molecule has 0 saturated carbocycles. The van der Waals surface area contributed by atoms with Crippen LogP contribution in [0.3, 0.4) is 0 Å². The minimum Gasteiger partial charge on any atom is -0.351 e. The molecule has 0 unspecified atom stereocenters. The standard InChI is InChI=1S/C9H12ClN5O/c1-2-15-6-7(10)5-8(15)9(16)12-3-4-13-14-11/h5-6H,2-4H2,1H3,(H,12,16). The van der Waals surface area contributed by atoms with Crippen molar-refractivity contribution in [2.75, 3.05) is 13.1 Å². The van der Waals surface area contributed by atoms with Crippen molar-refractivity contribution in [1.82, 2.24) is 9.88 Å². The molecule has 1 aromatic rings. The molecule has 0 spiro atoms. The van der Waals surface area contributed by atoms with Gasteiger partial charge in [-0.25, -0.2) is 0 Å². The Morgan fingerprint density at radius 3 is 3.12 bits per heavy atom. The van der Waals surface area contributed by atoms with Gasteiger partial charge in [0.1, 0.15) is 5.69 Å². The fraction of sp³-hybridized carbons (Fsp3) is 0.444. The van der Waals surface area contributed by atoms with Crippen molar-refractivity contribution in [2.24, 2.45) is 5.11 Å². The second-order valence-corrected chi connectivity index (χ2v) is 3.48. The zero-order valence-electron chi connectivity index (χ0n) is 8.85. The van der Waals surface area contributed by atoms with E-state index in [1.807, 2.05) is 6.92 Å². The maximum Gasteiger partial charge on any atom is 0.267 e. The molecule has 1 aromatic heterocycles. The van der Waals surface area contributed by atoms with Gasteiger partial charge < -0.3 is 9.88 Å². The lowest BCUT2D eigenvalue weighted by Gasteiger charge is -2.05. The van der Waals surface area contributed by atoms with Crippen molar-refractivity contribution in [3.05, 3.63) is 33.4 Å². The van der Waals surface area contributed by atoms with Crippen LogP contribution in [0.2, 0.25) is 5.02 Å². The average molecular weight is 242 g/mol. The molecule has 0 aliphatic carbocycles. The number of nitrogens with zero attached hydrogens (tertiary/aromatic N) is 4. The molecule has 0 bridgehead atoms. The van der Waals surface area contributed by atoms with Gasteiger partial charge in [0, 0.05) is 30.7 Å². The fourth-order valence-corrected chi connectivity index (χ4v) is 1.50. The number of carbonyl (C=O) groups excluding carboxylic acids is 1. The normalized spacial score (nSPS) is 9.62. The molecule has 0 atom stereocenters. The first-order valence-corrected chi connectivity index (χ1v) is 5.21. The molecule has 1 rings (SSSR count). The Kier molecular flexibility index (Phi) is 4.69. The van der Waals surface area contributed by atoms with Crippen LogP contribution in [0.15, 0.2) is 17.4 Å². The molecule has 0 saturated heterocycles. The van der Waals surface area contributed by atoms with E-state index in [9.17, 15) is 4.79 Å². The lowest BCUT2D eigenvalue weighted by molar-refractivity contribution is 0.0945. The van der Waals surface area contributed by atoms with E-state index in [0.29, 0.717) is 23.8 Å². The highest BCUT2D eigenvalue weighted by molar-refractivity contribution is 6.31. The van der Waals surface area contributed by atoms with Crippen LogP contribution in [-0.4, -0.2) is 23.6 Å². The first-order chi connectivity index (χ1) is 7.69. The largest absolute Gasteiger partial charge is 0.351 e. The summed E-state index contributed by atoms with van der Waals surface area (Å²) in [6, 6.07) is 1.61. The zero-order chi connectivity index (χ0) is 12.0. The van der Waals surface area contributed by atoms with Crippen molar-refractivity contribution in [1.29, 1.82) is 0 Å². The number of amides is 1. The van der Waals surface area contributed by atoms with Crippen molar-refractivity contribution in [3.8, 4) is 0 Å². The molecule has 86 valence electrons. The SMILES string of the molecule is CCn1cc(Cl)cc1C(=O)NCCN=[N+]=[N-]. The topological polar surface area (TPSA) is 82.8 Å². The van der Waals surface area contributed by atoms with Gasteiger partial charge >= 0.3 is 0 Å². The smallest absolute Gasteiger partial charge is 0.267 e. The monoisotopic (exact) mass is 241 g/mol. The van der Waals surface area contributed by atoms with E-state index in [2.05, 4.69) is 15.3 Å². The Labute approximate surface area is 97.8 Å². The van der Waals surface area contributed by atoms with Crippen LogP contribution < -0.4 is 5.32 Å². The lowest BCUT2D eigenvalue weighted by atomic mass is 10.4. The summed E-state index contributed by atoms with van der Waals surface area (Å²) in [7, 11) is 0. The minimum atomic E-state index is -0.220. The fourth-order valence-electron chi connectivity index (χ4n) is 1.28. The third-order valence-corrected chi connectivity index (χ3v) is 2.20. The number of aromatic nitrogens is 1. The highest BCUT2D eigenvalue weighted by atomic mass is 35.5. The number of rotatable bonds is 5. The van der Waals surface area contributed by atoms with Crippen LogP contribution >= 0.6 is 11.6 Å². The molecule has 6 nitrogen and oxygen atoms in total. The molecule has 1 amide bonds. The molecule has 0 aliphatic rings. The first kappa shape index (κ1) is 12.4. The van der Waals surface area contributed by atoms with Crippen molar-refractivity contribution in [3.63, 3.8) is 0 Å². The Bertz CT molecular complexity index is 422. The van der Waals surface area contributed by atoms with Gasteiger partial charge in [-0.1, -0.05) is 16.7 Å². The van der Waals surface area contributed by atoms with Crippen LogP contribution in [-0.2, 0) is 6.54 Å². The molecule has 0 aromatic carbocycles. The number of carbonyl (C=O) groups is 1.